The van der Waals surface area contributed by atoms with E-state index in [0.717, 1.165) is 24.1 Å². The summed E-state index contributed by atoms with van der Waals surface area (Å²) >= 11 is 0. The van der Waals surface area contributed by atoms with E-state index in [9.17, 15) is 5.11 Å². The molecule has 70 valence electrons. The highest BCUT2D eigenvalue weighted by atomic mass is 16.3. The Morgan fingerprint density at radius 3 is 3.00 bits per heavy atom. The minimum Gasteiger partial charge on any atom is -0.508 e. The molecular formula is C11H15NO. The maximum Gasteiger partial charge on any atom is 0.122 e. The van der Waals surface area contributed by atoms with Crippen LogP contribution < -0.4 is 0 Å². The van der Waals surface area contributed by atoms with Crippen LogP contribution in [0.25, 0.3) is 0 Å². The molecule has 1 aliphatic carbocycles. The Balaban J connectivity index is 2.49. The molecule has 1 N–H and O–H groups in total. The zero-order valence-electron chi connectivity index (χ0n) is 8.12. The van der Waals surface area contributed by atoms with Crippen molar-refractivity contribution in [3.05, 3.63) is 23.5 Å². The summed E-state index contributed by atoms with van der Waals surface area (Å²) in [7, 11) is 0. The largest absolute Gasteiger partial charge is 0.508 e. The molecule has 2 heteroatoms. The Morgan fingerprint density at radius 2 is 2.23 bits per heavy atom. The lowest BCUT2D eigenvalue weighted by molar-refractivity contribution is 0.408. The van der Waals surface area contributed by atoms with Crippen LogP contribution in [0.15, 0.2) is 12.3 Å². The van der Waals surface area contributed by atoms with Gasteiger partial charge in [-0.1, -0.05) is 13.8 Å². The normalized spacial score (nSPS) is 26.9. The molecule has 2 atom stereocenters. The molecule has 0 fully saturated rings. The van der Waals surface area contributed by atoms with Crippen molar-refractivity contribution in [3.63, 3.8) is 0 Å². The summed E-state index contributed by atoms with van der Waals surface area (Å²) in [5, 5.41) is 9.67. The summed E-state index contributed by atoms with van der Waals surface area (Å²) in [5.74, 6) is 1.56. The smallest absolute Gasteiger partial charge is 0.122 e. The van der Waals surface area contributed by atoms with Crippen molar-refractivity contribution < 1.29 is 5.11 Å². The second-order valence-corrected chi connectivity index (χ2v) is 4.14. The van der Waals surface area contributed by atoms with Gasteiger partial charge in [0, 0.05) is 17.5 Å². The lowest BCUT2D eigenvalue weighted by Crippen LogP contribution is -2.16. The van der Waals surface area contributed by atoms with Crippen LogP contribution in [0, 0.1) is 5.92 Å². The minimum atomic E-state index is 0.421. The van der Waals surface area contributed by atoms with Crippen molar-refractivity contribution in [2.45, 2.75) is 32.6 Å². The first-order valence-corrected chi connectivity index (χ1v) is 4.85. The maximum atomic E-state index is 9.67. The van der Waals surface area contributed by atoms with E-state index < -0.39 is 0 Å². The van der Waals surface area contributed by atoms with Gasteiger partial charge in [0.2, 0.25) is 0 Å². The summed E-state index contributed by atoms with van der Waals surface area (Å²) in [4.78, 5) is 4.32. The summed E-state index contributed by atoms with van der Waals surface area (Å²) in [6.45, 7) is 4.40. The van der Waals surface area contributed by atoms with E-state index in [0.29, 0.717) is 17.6 Å². The molecule has 0 unspecified atom stereocenters. The first-order valence-electron chi connectivity index (χ1n) is 4.85. The average Bonchev–Trinajstić information content (AvgIpc) is 2.02. The van der Waals surface area contributed by atoms with Gasteiger partial charge in [-0.15, -0.1) is 0 Å². The average molecular weight is 177 g/mol. The third-order valence-electron chi connectivity index (χ3n) is 2.84. The molecule has 1 aromatic heterocycles. The van der Waals surface area contributed by atoms with Gasteiger partial charge in [-0.2, -0.15) is 0 Å². The highest BCUT2D eigenvalue weighted by molar-refractivity contribution is 5.39. The van der Waals surface area contributed by atoms with Crippen LogP contribution in [0.4, 0.5) is 0 Å². The van der Waals surface area contributed by atoms with Crippen LogP contribution in [0.5, 0.6) is 5.75 Å². The van der Waals surface area contributed by atoms with E-state index in [1.54, 1.807) is 12.3 Å². The molecule has 0 radical (unpaired) electrons. The molecule has 1 aliphatic rings. The minimum absolute atomic E-state index is 0.421. The van der Waals surface area contributed by atoms with Crippen molar-refractivity contribution in [2.75, 3.05) is 0 Å². The first-order chi connectivity index (χ1) is 6.18. The highest BCUT2D eigenvalue weighted by Crippen LogP contribution is 2.37. The fourth-order valence-corrected chi connectivity index (χ4v) is 2.34. The molecule has 0 aromatic carbocycles. The standard InChI is InChI=1S/C11H15NO/c1-7-5-8(2)11-9(6-7)12-4-3-10(11)13/h3-4,7-8H,5-6H2,1-2H3,(H,12,13)/t7-,8+/m1/s1. The molecule has 0 saturated carbocycles. The molecule has 13 heavy (non-hydrogen) atoms. The molecule has 1 heterocycles. The summed E-state index contributed by atoms with van der Waals surface area (Å²) in [6, 6.07) is 1.69. The van der Waals surface area contributed by atoms with Gasteiger partial charge in [-0.05, 0) is 30.7 Å². The van der Waals surface area contributed by atoms with Gasteiger partial charge >= 0.3 is 0 Å². The lowest BCUT2D eigenvalue weighted by Gasteiger charge is -2.26. The Bertz CT molecular complexity index is 322. The number of aromatic hydroxyl groups is 1. The zero-order chi connectivity index (χ0) is 9.42. The molecule has 0 aliphatic heterocycles. The van der Waals surface area contributed by atoms with E-state index in [1.807, 2.05) is 0 Å². The second kappa shape index (κ2) is 3.02. The Morgan fingerprint density at radius 1 is 1.46 bits per heavy atom. The second-order valence-electron chi connectivity index (χ2n) is 4.14. The SMILES string of the molecule is C[C@H]1Cc2nccc(O)c2[C@@H](C)C1. The quantitative estimate of drug-likeness (QED) is 0.660. The molecule has 2 rings (SSSR count). The van der Waals surface area contributed by atoms with Gasteiger partial charge in [0.15, 0.2) is 0 Å². The highest BCUT2D eigenvalue weighted by Gasteiger charge is 2.24. The predicted molar refractivity (Wildman–Crippen MR) is 51.8 cm³/mol. The Hall–Kier alpha value is -1.05. The predicted octanol–water partition coefficient (Wildman–Crippen LogP) is 2.47. The summed E-state index contributed by atoms with van der Waals surface area (Å²) < 4.78 is 0. The summed E-state index contributed by atoms with van der Waals surface area (Å²) in [6.07, 6.45) is 3.86. The third kappa shape index (κ3) is 1.41. The van der Waals surface area contributed by atoms with Gasteiger partial charge in [0.05, 0.1) is 0 Å². The van der Waals surface area contributed by atoms with Crippen LogP contribution in [0.1, 0.15) is 37.4 Å². The summed E-state index contributed by atoms with van der Waals surface area (Å²) in [5.41, 5.74) is 2.16. The van der Waals surface area contributed by atoms with Crippen molar-refractivity contribution in [2.24, 2.45) is 5.92 Å². The molecular weight excluding hydrogens is 162 g/mol. The maximum absolute atomic E-state index is 9.67. The van der Waals surface area contributed by atoms with E-state index in [2.05, 4.69) is 18.8 Å². The lowest BCUT2D eigenvalue weighted by atomic mass is 9.80. The molecule has 0 saturated heterocycles. The monoisotopic (exact) mass is 177 g/mol. The molecule has 0 amide bonds. The van der Waals surface area contributed by atoms with Crippen LogP contribution in [0.2, 0.25) is 0 Å². The topological polar surface area (TPSA) is 33.1 Å². The fourth-order valence-electron chi connectivity index (χ4n) is 2.34. The number of hydrogen-bond donors (Lipinski definition) is 1. The van der Waals surface area contributed by atoms with E-state index in [1.165, 1.54) is 0 Å². The molecule has 0 bridgehead atoms. The number of fused-ring (bicyclic) bond motifs is 1. The van der Waals surface area contributed by atoms with Gasteiger partial charge in [-0.3, -0.25) is 4.98 Å². The van der Waals surface area contributed by atoms with Crippen molar-refractivity contribution in [1.29, 1.82) is 0 Å². The zero-order valence-corrected chi connectivity index (χ0v) is 8.12. The Labute approximate surface area is 78.6 Å². The van der Waals surface area contributed by atoms with E-state index in [4.69, 9.17) is 0 Å². The van der Waals surface area contributed by atoms with Crippen molar-refractivity contribution in [1.82, 2.24) is 4.98 Å². The van der Waals surface area contributed by atoms with E-state index in [-0.39, 0.29) is 0 Å². The first kappa shape index (κ1) is 8.54. The van der Waals surface area contributed by atoms with Gasteiger partial charge in [0.25, 0.3) is 0 Å². The third-order valence-corrected chi connectivity index (χ3v) is 2.84. The van der Waals surface area contributed by atoms with Gasteiger partial charge in [0.1, 0.15) is 5.75 Å². The van der Waals surface area contributed by atoms with Crippen molar-refractivity contribution >= 4 is 0 Å². The van der Waals surface area contributed by atoms with Crippen LogP contribution in [-0.4, -0.2) is 10.1 Å². The van der Waals surface area contributed by atoms with Gasteiger partial charge < -0.3 is 5.11 Å². The van der Waals surface area contributed by atoms with Crippen LogP contribution >= 0.6 is 0 Å². The van der Waals surface area contributed by atoms with Crippen molar-refractivity contribution in [3.8, 4) is 5.75 Å². The van der Waals surface area contributed by atoms with Gasteiger partial charge in [-0.25, -0.2) is 0 Å². The van der Waals surface area contributed by atoms with Crippen LogP contribution in [-0.2, 0) is 6.42 Å². The van der Waals surface area contributed by atoms with Crippen LogP contribution in [0.3, 0.4) is 0 Å². The number of pyridine rings is 1. The van der Waals surface area contributed by atoms with E-state index >= 15 is 0 Å². The molecule has 1 aromatic rings. The molecule has 0 spiro atoms. The number of hydrogen-bond acceptors (Lipinski definition) is 2. The number of aromatic nitrogens is 1. The number of rotatable bonds is 0. The number of nitrogens with zero attached hydrogens (tertiary/aromatic N) is 1. The molecule has 2 nitrogen and oxygen atoms in total. The Kier molecular flexibility index (Phi) is 1.98. The fraction of sp³-hybridized carbons (Fsp3) is 0.545.